The summed E-state index contributed by atoms with van der Waals surface area (Å²) in [7, 11) is 0. The van der Waals surface area contributed by atoms with E-state index < -0.39 is 0 Å². The predicted molar refractivity (Wildman–Crippen MR) is 130 cm³/mol. The molecule has 0 spiro atoms. The lowest BCUT2D eigenvalue weighted by Gasteiger charge is -2.24. The van der Waals surface area contributed by atoms with Gasteiger partial charge < -0.3 is 10.1 Å². The maximum atomic E-state index is 13.9. The van der Waals surface area contributed by atoms with Crippen molar-refractivity contribution in [2.45, 2.75) is 32.8 Å². The summed E-state index contributed by atoms with van der Waals surface area (Å²) < 4.78 is 22.9. The average Bonchev–Trinajstić information content (AvgIpc) is 3.42. The van der Waals surface area contributed by atoms with E-state index in [-0.39, 0.29) is 24.2 Å². The van der Waals surface area contributed by atoms with Gasteiger partial charge in [-0.2, -0.15) is 14.3 Å². The van der Waals surface area contributed by atoms with Gasteiger partial charge >= 0.3 is 0 Å². The second kappa shape index (κ2) is 8.56. The lowest BCUT2D eigenvalue weighted by molar-refractivity contribution is -0.116. The van der Waals surface area contributed by atoms with E-state index in [0.29, 0.717) is 40.8 Å². The standard InChI is InChI=1S/C26H22FN7O2/c1-15-25-20(17-7-9-19(10-8-17)36-14-18-5-3-4-6-21(18)27)13-24(35)28-26(25)34(31-15)23-12-11-22-30-29-16(2)33(22)32-23/h3-12,20H,13-14H2,1-2H3,(H,28,35). The molecule has 0 bridgehead atoms. The number of hydrogen-bond acceptors (Lipinski definition) is 6. The maximum absolute atomic E-state index is 13.9. The van der Waals surface area contributed by atoms with Gasteiger partial charge in [0, 0.05) is 23.5 Å². The van der Waals surface area contributed by atoms with E-state index in [1.165, 1.54) is 6.07 Å². The Morgan fingerprint density at radius 3 is 2.64 bits per heavy atom. The second-order valence-electron chi connectivity index (χ2n) is 8.72. The zero-order valence-electron chi connectivity index (χ0n) is 19.6. The van der Waals surface area contributed by atoms with Gasteiger partial charge in [0.05, 0.1) is 5.69 Å². The fourth-order valence-corrected chi connectivity index (χ4v) is 4.57. The normalized spacial score (nSPS) is 15.1. The molecule has 4 heterocycles. The highest BCUT2D eigenvalue weighted by molar-refractivity contribution is 5.95. The van der Waals surface area contributed by atoms with Crippen LogP contribution in [0.25, 0.3) is 11.5 Å². The van der Waals surface area contributed by atoms with Crippen LogP contribution in [0.4, 0.5) is 10.2 Å². The van der Waals surface area contributed by atoms with Crippen LogP contribution in [0, 0.1) is 19.7 Å². The van der Waals surface area contributed by atoms with Crippen molar-refractivity contribution >= 4 is 17.4 Å². The molecule has 1 N–H and O–H groups in total. The Morgan fingerprint density at radius 2 is 1.83 bits per heavy atom. The molecule has 0 aliphatic carbocycles. The third kappa shape index (κ3) is 3.76. The van der Waals surface area contributed by atoms with Gasteiger partial charge in [0.1, 0.15) is 24.0 Å². The first-order chi connectivity index (χ1) is 17.5. The number of nitrogens with zero attached hydrogens (tertiary/aromatic N) is 6. The number of carbonyl (C=O) groups is 1. The summed E-state index contributed by atoms with van der Waals surface area (Å²) in [4.78, 5) is 12.7. The molecule has 9 nitrogen and oxygen atoms in total. The minimum absolute atomic E-state index is 0.102. The number of halogens is 1. The number of carbonyl (C=O) groups excluding carboxylic acids is 1. The molecular formula is C26H22FN7O2. The van der Waals surface area contributed by atoms with E-state index in [4.69, 9.17) is 9.84 Å². The first-order valence-corrected chi connectivity index (χ1v) is 11.5. The number of aromatic nitrogens is 6. The number of ether oxygens (including phenoxy) is 1. The zero-order valence-corrected chi connectivity index (χ0v) is 19.6. The minimum atomic E-state index is -0.296. The van der Waals surface area contributed by atoms with E-state index in [0.717, 1.165) is 16.8 Å². The van der Waals surface area contributed by atoms with Gasteiger partial charge in [-0.1, -0.05) is 30.3 Å². The number of nitrogens with one attached hydrogen (secondary N) is 1. The summed E-state index contributed by atoms with van der Waals surface area (Å²) in [5.74, 6) is 1.85. The molecule has 0 saturated heterocycles. The lowest BCUT2D eigenvalue weighted by Crippen LogP contribution is -2.25. The van der Waals surface area contributed by atoms with Crippen molar-refractivity contribution in [3.8, 4) is 11.6 Å². The smallest absolute Gasteiger partial charge is 0.226 e. The Morgan fingerprint density at radius 1 is 1.03 bits per heavy atom. The van der Waals surface area contributed by atoms with Crippen LogP contribution in [0.5, 0.6) is 5.75 Å². The maximum Gasteiger partial charge on any atom is 0.226 e. The summed E-state index contributed by atoms with van der Waals surface area (Å²) in [6.07, 6.45) is 0.298. The molecule has 0 radical (unpaired) electrons. The number of rotatable bonds is 5. The van der Waals surface area contributed by atoms with Gasteiger partial charge in [-0.3, -0.25) is 4.79 Å². The third-order valence-electron chi connectivity index (χ3n) is 6.36. The highest BCUT2D eigenvalue weighted by Crippen LogP contribution is 2.40. The molecule has 1 aliphatic heterocycles. The SMILES string of the molecule is Cc1nn(-c2ccc3nnc(C)n3n2)c2c1C(c1ccc(OCc3ccccc3F)cc1)CC(=O)N2. The molecule has 1 atom stereocenters. The van der Waals surface area contributed by atoms with Gasteiger partial charge in [0.2, 0.25) is 5.91 Å². The molecule has 6 rings (SSSR count). The minimum Gasteiger partial charge on any atom is -0.489 e. The van der Waals surface area contributed by atoms with E-state index in [1.807, 2.05) is 44.2 Å². The number of amides is 1. The highest BCUT2D eigenvalue weighted by Gasteiger charge is 2.33. The Labute approximate surface area is 205 Å². The molecule has 1 aliphatic rings. The van der Waals surface area contributed by atoms with Crippen LogP contribution in [-0.2, 0) is 11.4 Å². The molecule has 180 valence electrons. The third-order valence-corrected chi connectivity index (χ3v) is 6.36. The average molecular weight is 484 g/mol. The quantitative estimate of drug-likeness (QED) is 0.404. The van der Waals surface area contributed by atoms with Gasteiger partial charge in [0.15, 0.2) is 17.3 Å². The highest BCUT2D eigenvalue weighted by atomic mass is 19.1. The molecule has 0 fully saturated rings. The summed E-state index contributed by atoms with van der Waals surface area (Å²) >= 11 is 0. The molecule has 1 amide bonds. The fraction of sp³-hybridized carbons (Fsp3) is 0.192. The largest absolute Gasteiger partial charge is 0.489 e. The van der Waals surface area contributed by atoms with Crippen molar-refractivity contribution in [3.63, 3.8) is 0 Å². The van der Waals surface area contributed by atoms with E-state index in [2.05, 4.69) is 20.6 Å². The first kappa shape index (κ1) is 21.9. The Balaban J connectivity index is 1.31. The number of fused-ring (bicyclic) bond motifs is 2. The number of hydrogen-bond donors (Lipinski definition) is 1. The van der Waals surface area contributed by atoms with Crippen LogP contribution in [0.1, 0.15) is 40.5 Å². The van der Waals surface area contributed by atoms with Crippen molar-refractivity contribution < 1.29 is 13.9 Å². The second-order valence-corrected chi connectivity index (χ2v) is 8.72. The Kier molecular flexibility index (Phi) is 5.21. The van der Waals surface area contributed by atoms with Crippen LogP contribution in [-0.4, -0.2) is 35.5 Å². The van der Waals surface area contributed by atoms with Crippen LogP contribution >= 0.6 is 0 Å². The molecule has 2 aromatic carbocycles. The molecular weight excluding hydrogens is 461 g/mol. The van der Waals surface area contributed by atoms with Gasteiger partial charge in [-0.15, -0.1) is 15.3 Å². The van der Waals surface area contributed by atoms with Crippen LogP contribution < -0.4 is 10.1 Å². The predicted octanol–water partition coefficient (Wildman–Crippen LogP) is 4.12. The summed E-state index contributed by atoms with van der Waals surface area (Å²) in [6, 6.07) is 17.7. The molecule has 1 unspecified atom stereocenters. The Bertz CT molecular complexity index is 1610. The molecule has 5 aromatic rings. The van der Waals surface area contributed by atoms with Crippen molar-refractivity contribution in [2.24, 2.45) is 0 Å². The van der Waals surface area contributed by atoms with E-state index in [1.54, 1.807) is 33.5 Å². The number of benzene rings is 2. The number of anilines is 1. The van der Waals surface area contributed by atoms with Gasteiger partial charge in [0.25, 0.3) is 0 Å². The molecule has 3 aromatic heterocycles. The van der Waals surface area contributed by atoms with Crippen molar-refractivity contribution in [2.75, 3.05) is 5.32 Å². The van der Waals surface area contributed by atoms with Crippen molar-refractivity contribution in [1.29, 1.82) is 0 Å². The Hall–Kier alpha value is -4.60. The summed E-state index contributed by atoms with van der Waals surface area (Å²) in [5, 5.41) is 20.4. The zero-order chi connectivity index (χ0) is 24.8. The first-order valence-electron chi connectivity index (χ1n) is 11.5. The van der Waals surface area contributed by atoms with Crippen molar-refractivity contribution in [3.05, 3.63) is 94.7 Å². The van der Waals surface area contributed by atoms with Crippen LogP contribution in [0.3, 0.4) is 0 Å². The van der Waals surface area contributed by atoms with E-state index >= 15 is 0 Å². The molecule has 0 saturated carbocycles. The summed E-state index contributed by atoms with van der Waals surface area (Å²) in [6.45, 7) is 3.88. The van der Waals surface area contributed by atoms with E-state index in [9.17, 15) is 9.18 Å². The topological polar surface area (TPSA) is 99.2 Å². The van der Waals surface area contributed by atoms with Crippen LogP contribution in [0.15, 0.2) is 60.7 Å². The summed E-state index contributed by atoms with van der Waals surface area (Å²) in [5.41, 5.74) is 3.83. The van der Waals surface area contributed by atoms with Gasteiger partial charge in [-0.05, 0) is 49.7 Å². The molecule has 36 heavy (non-hydrogen) atoms. The molecule has 10 heteroatoms. The fourth-order valence-electron chi connectivity index (χ4n) is 4.57. The monoisotopic (exact) mass is 483 g/mol. The van der Waals surface area contributed by atoms with Crippen molar-refractivity contribution in [1.82, 2.24) is 29.6 Å². The van der Waals surface area contributed by atoms with Crippen LogP contribution in [0.2, 0.25) is 0 Å². The van der Waals surface area contributed by atoms with Gasteiger partial charge in [-0.25, -0.2) is 4.39 Å². The number of aryl methyl sites for hydroxylation is 2. The lowest BCUT2D eigenvalue weighted by atomic mass is 9.86.